The topological polar surface area (TPSA) is 68.9 Å². The fourth-order valence-electron chi connectivity index (χ4n) is 1.28. The zero-order valence-electron chi connectivity index (χ0n) is 8.93. The van der Waals surface area contributed by atoms with Crippen LogP contribution in [-0.2, 0) is 0 Å². The van der Waals surface area contributed by atoms with Gasteiger partial charge in [0.1, 0.15) is 0 Å². The van der Waals surface area contributed by atoms with Crippen molar-refractivity contribution in [2.75, 3.05) is 5.32 Å². The number of pyridine rings is 2. The molecule has 92 valence electrons. The molecule has 0 saturated carbocycles. The molecule has 0 bridgehead atoms. The number of carbonyl (C=O) groups is 1. The molecule has 2 rings (SSSR count). The molecule has 0 aromatic carbocycles. The van der Waals surface area contributed by atoms with Crippen LogP contribution in [0.2, 0.25) is 10.0 Å². The van der Waals surface area contributed by atoms with Crippen LogP contribution in [0.5, 0.6) is 0 Å². The monoisotopic (exact) mass is 283 g/mol. The first-order valence-corrected chi connectivity index (χ1v) is 5.64. The van der Waals surface area contributed by atoms with E-state index in [0.717, 1.165) is 0 Å². The van der Waals surface area contributed by atoms with Gasteiger partial charge in [0.2, 0.25) is 0 Å². The Kier molecular flexibility index (Phi) is 3.64. The molecule has 0 atom stereocenters. The normalized spacial score (nSPS) is 10.1. The number of hydrogen-bond acceptors (Lipinski definition) is 3. The molecule has 0 unspecified atom stereocenters. The molecule has 18 heavy (non-hydrogen) atoms. The van der Waals surface area contributed by atoms with Gasteiger partial charge >= 0.3 is 5.91 Å². The second-order valence-corrected chi connectivity index (χ2v) is 4.19. The predicted molar refractivity (Wildman–Crippen MR) is 67.6 cm³/mol. The van der Waals surface area contributed by atoms with Gasteiger partial charge in [0, 0.05) is 18.3 Å². The van der Waals surface area contributed by atoms with Crippen molar-refractivity contribution < 1.29 is 9.52 Å². The van der Waals surface area contributed by atoms with Crippen molar-refractivity contribution in [3.8, 4) is 0 Å². The van der Waals surface area contributed by atoms with Crippen LogP contribution in [0.1, 0.15) is 10.5 Å². The number of hydrogen-bond donors (Lipinski definition) is 1. The van der Waals surface area contributed by atoms with E-state index in [1.165, 1.54) is 30.6 Å². The van der Waals surface area contributed by atoms with Gasteiger partial charge in [0.25, 0.3) is 5.69 Å². The largest absolute Gasteiger partial charge is 0.618 e. The molecule has 2 heterocycles. The molecule has 7 heteroatoms. The van der Waals surface area contributed by atoms with E-state index in [1.54, 1.807) is 6.07 Å². The van der Waals surface area contributed by atoms with Crippen LogP contribution in [0, 0.1) is 5.21 Å². The predicted octanol–water partition coefficient (Wildman–Crippen LogP) is 2.27. The van der Waals surface area contributed by atoms with Crippen LogP contribution in [-0.4, -0.2) is 10.9 Å². The lowest BCUT2D eigenvalue weighted by molar-refractivity contribution is -0.607. The van der Waals surface area contributed by atoms with Crippen LogP contribution in [0.25, 0.3) is 0 Å². The van der Waals surface area contributed by atoms with Crippen LogP contribution in [0.3, 0.4) is 0 Å². The van der Waals surface area contributed by atoms with Crippen molar-refractivity contribution in [3.05, 3.63) is 57.6 Å². The Morgan fingerprint density at radius 2 is 2.17 bits per heavy atom. The zero-order valence-corrected chi connectivity index (χ0v) is 10.4. The fourth-order valence-corrected chi connectivity index (χ4v) is 1.71. The lowest BCUT2D eigenvalue weighted by Crippen LogP contribution is -2.36. The minimum absolute atomic E-state index is 0.0506. The first kappa shape index (κ1) is 12.6. The van der Waals surface area contributed by atoms with Crippen LogP contribution < -0.4 is 10.0 Å². The van der Waals surface area contributed by atoms with Gasteiger partial charge in [-0.2, -0.15) is 4.73 Å². The summed E-state index contributed by atoms with van der Waals surface area (Å²) in [6.07, 6.45) is 2.57. The first-order chi connectivity index (χ1) is 8.58. The summed E-state index contributed by atoms with van der Waals surface area (Å²) >= 11 is 11.5. The van der Waals surface area contributed by atoms with Gasteiger partial charge in [-0.1, -0.05) is 23.2 Å². The van der Waals surface area contributed by atoms with E-state index in [0.29, 0.717) is 9.75 Å². The third-order valence-corrected chi connectivity index (χ3v) is 2.59. The molecule has 2 aromatic rings. The summed E-state index contributed by atoms with van der Waals surface area (Å²) in [6.45, 7) is 0. The summed E-state index contributed by atoms with van der Waals surface area (Å²) in [5.74, 6) is -0.447. The Bertz CT molecular complexity index is 605. The number of rotatable bonds is 2. The number of aromatic nitrogens is 2. The van der Waals surface area contributed by atoms with Gasteiger partial charge in [-0.15, -0.1) is 0 Å². The maximum Gasteiger partial charge on any atom is 0.322 e. The fraction of sp³-hybridized carbons (Fsp3) is 0. The molecule has 0 radical (unpaired) electrons. The quantitative estimate of drug-likeness (QED) is 0.679. The first-order valence-electron chi connectivity index (χ1n) is 4.88. The summed E-state index contributed by atoms with van der Waals surface area (Å²) in [5.41, 5.74) is -0.0506. The van der Waals surface area contributed by atoms with Crippen molar-refractivity contribution in [1.29, 1.82) is 0 Å². The average Bonchev–Trinajstić information content (AvgIpc) is 2.33. The highest BCUT2D eigenvalue weighted by molar-refractivity contribution is 6.36. The van der Waals surface area contributed by atoms with E-state index < -0.39 is 5.91 Å². The summed E-state index contributed by atoms with van der Waals surface area (Å²) in [4.78, 5) is 15.7. The highest BCUT2D eigenvalue weighted by atomic mass is 35.5. The number of nitrogens with one attached hydrogen (secondary N) is 1. The molecule has 2 aromatic heterocycles. The number of amides is 1. The molecule has 0 aliphatic heterocycles. The molecular weight excluding hydrogens is 277 g/mol. The Balaban J connectivity index is 2.24. The van der Waals surface area contributed by atoms with Gasteiger partial charge in [0.15, 0.2) is 12.0 Å². The lowest BCUT2D eigenvalue weighted by Gasteiger charge is -2.06. The maximum atomic E-state index is 11.8. The third kappa shape index (κ3) is 2.69. The van der Waals surface area contributed by atoms with Gasteiger partial charge in [-0.25, -0.2) is 4.98 Å². The third-order valence-electron chi connectivity index (χ3n) is 2.10. The molecular formula is C11H7Cl2N3O2. The van der Waals surface area contributed by atoms with Gasteiger partial charge in [0.05, 0.1) is 10.0 Å². The van der Waals surface area contributed by atoms with Crippen molar-refractivity contribution >= 4 is 34.9 Å². The van der Waals surface area contributed by atoms with Gasteiger partial charge in [-0.3, -0.25) is 4.79 Å². The molecule has 0 spiro atoms. The minimum Gasteiger partial charge on any atom is -0.618 e. The van der Waals surface area contributed by atoms with E-state index in [2.05, 4.69) is 10.3 Å². The summed E-state index contributed by atoms with van der Waals surface area (Å²) < 4.78 is 0.457. The average molecular weight is 284 g/mol. The second-order valence-electron chi connectivity index (χ2n) is 3.35. The molecule has 5 nitrogen and oxygen atoms in total. The second kappa shape index (κ2) is 5.20. The van der Waals surface area contributed by atoms with Crippen molar-refractivity contribution in [2.45, 2.75) is 0 Å². The van der Waals surface area contributed by atoms with E-state index in [-0.39, 0.29) is 16.5 Å². The van der Waals surface area contributed by atoms with Gasteiger partial charge < -0.3 is 10.5 Å². The highest BCUT2D eigenvalue weighted by Crippen LogP contribution is 2.22. The number of nitrogens with zero attached hydrogens (tertiary/aromatic N) is 2. The summed E-state index contributed by atoms with van der Waals surface area (Å²) in [6, 6.07) is 5.95. The standard InChI is InChI=1S/C11H7Cl2N3O2/c12-7-5-8(13)10(14-6-7)15-11(17)9-3-1-2-4-16(9)18/h1-6H,(H,14,15,17). The Morgan fingerprint density at radius 3 is 2.83 bits per heavy atom. The molecule has 1 amide bonds. The van der Waals surface area contributed by atoms with Gasteiger partial charge in [-0.05, 0) is 12.1 Å². The maximum absolute atomic E-state index is 11.8. The number of anilines is 1. The van der Waals surface area contributed by atoms with E-state index in [9.17, 15) is 10.0 Å². The Hall–Kier alpha value is -1.85. The Labute approximate surface area is 113 Å². The van der Waals surface area contributed by atoms with Crippen LogP contribution in [0.4, 0.5) is 5.82 Å². The lowest BCUT2D eigenvalue weighted by atomic mass is 10.3. The number of halogens is 2. The molecule has 1 N–H and O–H groups in total. The van der Waals surface area contributed by atoms with E-state index in [1.807, 2.05) is 0 Å². The molecule has 0 aliphatic carbocycles. The van der Waals surface area contributed by atoms with Crippen LogP contribution in [0.15, 0.2) is 36.7 Å². The SMILES string of the molecule is O=C(Nc1ncc(Cl)cc1Cl)c1cccc[n+]1[O-]. The summed E-state index contributed by atoms with van der Waals surface area (Å²) in [7, 11) is 0. The molecule has 0 fully saturated rings. The molecule has 0 saturated heterocycles. The summed E-state index contributed by atoms with van der Waals surface area (Å²) in [5, 5.41) is 14.4. The van der Waals surface area contributed by atoms with Crippen molar-refractivity contribution in [1.82, 2.24) is 4.98 Å². The highest BCUT2D eigenvalue weighted by Gasteiger charge is 2.16. The molecule has 0 aliphatic rings. The Morgan fingerprint density at radius 1 is 1.39 bits per heavy atom. The zero-order chi connectivity index (χ0) is 13.1. The van der Waals surface area contributed by atoms with Crippen molar-refractivity contribution in [2.24, 2.45) is 0 Å². The van der Waals surface area contributed by atoms with Crippen LogP contribution >= 0.6 is 23.2 Å². The number of carbonyl (C=O) groups excluding carboxylic acids is 1. The minimum atomic E-state index is -0.595. The van der Waals surface area contributed by atoms with E-state index >= 15 is 0 Å². The van der Waals surface area contributed by atoms with E-state index in [4.69, 9.17) is 23.2 Å². The van der Waals surface area contributed by atoms with Crippen molar-refractivity contribution in [3.63, 3.8) is 0 Å². The smallest absolute Gasteiger partial charge is 0.322 e.